The summed E-state index contributed by atoms with van der Waals surface area (Å²) in [6.45, 7) is 2.70. The maximum atomic E-state index is 12.6. The molecule has 0 aliphatic carbocycles. The monoisotopic (exact) mass is 258 g/mol. The lowest BCUT2D eigenvalue weighted by Crippen LogP contribution is -2.43. The van der Waals surface area contributed by atoms with Gasteiger partial charge in [-0.1, -0.05) is 0 Å². The van der Waals surface area contributed by atoms with E-state index in [1.54, 1.807) is 6.07 Å². The largest absolute Gasteiger partial charge is 0.392 e. The first-order valence-electron chi connectivity index (χ1n) is 6.80. The van der Waals surface area contributed by atoms with Crippen LogP contribution in [0.3, 0.4) is 0 Å². The maximum Gasteiger partial charge on any atom is 0.256 e. The van der Waals surface area contributed by atoms with Crippen molar-refractivity contribution in [3.63, 3.8) is 0 Å². The van der Waals surface area contributed by atoms with E-state index >= 15 is 0 Å². The fourth-order valence-electron chi connectivity index (χ4n) is 2.87. The molecule has 0 unspecified atom stereocenters. The summed E-state index contributed by atoms with van der Waals surface area (Å²) in [7, 11) is 0. The van der Waals surface area contributed by atoms with Crippen molar-refractivity contribution < 1.29 is 9.90 Å². The molecule has 1 atom stereocenters. The summed E-state index contributed by atoms with van der Waals surface area (Å²) in [6, 6.07) is 3.82. The van der Waals surface area contributed by atoms with Gasteiger partial charge in [0.1, 0.15) is 0 Å². The van der Waals surface area contributed by atoms with Crippen LogP contribution in [0.4, 0.5) is 5.69 Å². The number of aliphatic hydroxyl groups is 1. The van der Waals surface area contributed by atoms with Crippen LogP contribution in [0.15, 0.2) is 17.1 Å². The van der Waals surface area contributed by atoms with Crippen LogP contribution in [-0.4, -0.2) is 34.7 Å². The number of aliphatic hydroxyl groups excluding tert-OH is 1. The smallest absolute Gasteiger partial charge is 0.256 e. The molecule has 0 saturated carbocycles. The van der Waals surface area contributed by atoms with Crippen LogP contribution in [0.2, 0.25) is 0 Å². The van der Waals surface area contributed by atoms with Crippen molar-refractivity contribution >= 4 is 17.8 Å². The van der Waals surface area contributed by atoms with Crippen LogP contribution in [0.5, 0.6) is 0 Å². The number of carbonyl (C=O) groups excluding carboxylic acids is 1. The van der Waals surface area contributed by atoms with E-state index in [0.29, 0.717) is 5.56 Å². The quantitative estimate of drug-likeness (QED) is 0.839. The molecule has 0 bridgehead atoms. The minimum atomic E-state index is -0.0421. The number of aliphatic imine (C=N–C) groups is 1. The number of piperidine rings is 1. The molecule has 2 heterocycles. The highest BCUT2D eigenvalue weighted by Crippen LogP contribution is 2.30. The average Bonchev–Trinajstić information content (AvgIpc) is 2.57. The zero-order valence-corrected chi connectivity index (χ0v) is 11.1. The van der Waals surface area contributed by atoms with Crippen LogP contribution in [0, 0.1) is 6.92 Å². The topological polar surface area (TPSA) is 52.9 Å². The highest BCUT2D eigenvalue weighted by atomic mass is 16.3. The summed E-state index contributed by atoms with van der Waals surface area (Å²) in [6.07, 6.45) is 5.11. The molecule has 2 aliphatic heterocycles. The third-order valence-corrected chi connectivity index (χ3v) is 4.05. The Balaban J connectivity index is 2.09. The highest BCUT2D eigenvalue weighted by Gasteiger charge is 2.30. The molecular formula is C15H18N2O2. The number of carbonyl (C=O) groups is 1. The van der Waals surface area contributed by atoms with Crippen LogP contribution >= 0.6 is 0 Å². The standard InChI is InChI=1S/C15H18N2O2/c1-10-6-14-13(7-11(10)9-18)15(19)17-5-3-2-4-12(17)8-16-14/h6-8,12,18H,2-5,9H2,1H3/t12-/m1/s1. The maximum absolute atomic E-state index is 12.6. The number of amides is 1. The number of nitrogens with zero attached hydrogens (tertiary/aromatic N) is 2. The predicted octanol–water partition coefficient (Wildman–Crippen LogP) is 2.20. The lowest BCUT2D eigenvalue weighted by molar-refractivity contribution is 0.0688. The molecule has 0 aromatic heterocycles. The van der Waals surface area contributed by atoms with Gasteiger partial charge in [-0.2, -0.15) is 0 Å². The van der Waals surface area contributed by atoms with Crippen molar-refractivity contribution in [1.29, 1.82) is 0 Å². The second-order valence-electron chi connectivity index (χ2n) is 5.29. The van der Waals surface area contributed by atoms with Gasteiger partial charge >= 0.3 is 0 Å². The third kappa shape index (κ3) is 2.06. The molecule has 3 rings (SSSR count). The lowest BCUT2D eigenvalue weighted by Gasteiger charge is -2.32. The summed E-state index contributed by atoms with van der Waals surface area (Å²) in [5, 5.41) is 9.35. The molecule has 1 aromatic carbocycles. The number of hydrogen-bond donors (Lipinski definition) is 1. The Morgan fingerprint density at radius 1 is 1.42 bits per heavy atom. The fourth-order valence-corrected chi connectivity index (χ4v) is 2.87. The molecule has 2 aliphatic rings. The third-order valence-electron chi connectivity index (χ3n) is 4.05. The molecule has 0 spiro atoms. The molecule has 1 fully saturated rings. The van der Waals surface area contributed by atoms with Crippen molar-refractivity contribution in [3.8, 4) is 0 Å². The van der Waals surface area contributed by atoms with Gasteiger partial charge in [-0.25, -0.2) is 0 Å². The van der Waals surface area contributed by atoms with E-state index in [2.05, 4.69) is 4.99 Å². The summed E-state index contributed by atoms with van der Waals surface area (Å²) >= 11 is 0. The summed E-state index contributed by atoms with van der Waals surface area (Å²) in [5.41, 5.74) is 3.13. The Labute approximate surface area is 112 Å². The van der Waals surface area contributed by atoms with E-state index in [1.165, 1.54) is 0 Å². The fraction of sp³-hybridized carbons (Fsp3) is 0.467. The van der Waals surface area contributed by atoms with Gasteiger partial charge in [0.2, 0.25) is 0 Å². The second-order valence-corrected chi connectivity index (χ2v) is 5.29. The first-order chi connectivity index (χ1) is 9.20. The molecular weight excluding hydrogens is 240 g/mol. The number of fused-ring (bicyclic) bond motifs is 2. The van der Waals surface area contributed by atoms with Gasteiger partial charge in [0, 0.05) is 12.8 Å². The lowest BCUT2D eigenvalue weighted by atomic mass is 10.00. The number of benzene rings is 1. The van der Waals surface area contributed by atoms with Gasteiger partial charge < -0.3 is 10.0 Å². The van der Waals surface area contributed by atoms with Crippen molar-refractivity contribution in [2.75, 3.05) is 6.54 Å². The minimum Gasteiger partial charge on any atom is -0.392 e. The zero-order chi connectivity index (χ0) is 13.4. The van der Waals surface area contributed by atoms with Gasteiger partial charge in [-0.05, 0) is 49.4 Å². The molecule has 4 nitrogen and oxygen atoms in total. The molecule has 100 valence electrons. The van der Waals surface area contributed by atoms with E-state index in [9.17, 15) is 9.90 Å². The van der Waals surface area contributed by atoms with Crippen molar-refractivity contribution in [1.82, 2.24) is 4.90 Å². The predicted molar refractivity (Wildman–Crippen MR) is 73.9 cm³/mol. The summed E-state index contributed by atoms with van der Waals surface area (Å²) in [4.78, 5) is 19.0. The van der Waals surface area contributed by atoms with Gasteiger partial charge in [-0.3, -0.25) is 9.79 Å². The normalized spacial score (nSPS) is 21.9. The number of aryl methyl sites for hydroxylation is 1. The summed E-state index contributed by atoms with van der Waals surface area (Å²) in [5.74, 6) is 0.0481. The first-order valence-corrected chi connectivity index (χ1v) is 6.80. The molecule has 19 heavy (non-hydrogen) atoms. The molecule has 0 radical (unpaired) electrons. The minimum absolute atomic E-state index is 0.0421. The van der Waals surface area contributed by atoms with Crippen LogP contribution in [0.1, 0.15) is 40.7 Å². The number of hydrogen-bond acceptors (Lipinski definition) is 3. The van der Waals surface area contributed by atoms with Crippen molar-refractivity contribution in [2.45, 2.75) is 38.8 Å². The average molecular weight is 258 g/mol. The highest BCUT2D eigenvalue weighted by molar-refractivity contribution is 6.02. The van der Waals surface area contributed by atoms with Gasteiger partial charge in [0.15, 0.2) is 0 Å². The van der Waals surface area contributed by atoms with E-state index in [-0.39, 0.29) is 18.6 Å². The van der Waals surface area contributed by atoms with Crippen LogP contribution < -0.4 is 0 Å². The van der Waals surface area contributed by atoms with Crippen LogP contribution in [0.25, 0.3) is 0 Å². The first kappa shape index (κ1) is 12.4. The van der Waals surface area contributed by atoms with Crippen LogP contribution in [-0.2, 0) is 6.61 Å². The molecule has 1 N–H and O–H groups in total. The zero-order valence-electron chi connectivity index (χ0n) is 11.1. The van der Waals surface area contributed by atoms with E-state index in [0.717, 1.165) is 42.6 Å². The molecule has 4 heteroatoms. The Hall–Kier alpha value is -1.68. The number of rotatable bonds is 1. The Bertz CT molecular complexity index is 551. The Kier molecular flexibility index (Phi) is 3.11. The molecule has 1 saturated heterocycles. The SMILES string of the molecule is Cc1cc2c(cc1CO)C(=O)N1CCCC[C@@H]1C=N2. The Morgan fingerprint density at radius 2 is 2.26 bits per heavy atom. The molecule has 1 aromatic rings. The van der Waals surface area contributed by atoms with Gasteiger partial charge in [-0.15, -0.1) is 0 Å². The van der Waals surface area contributed by atoms with Gasteiger partial charge in [0.25, 0.3) is 5.91 Å². The van der Waals surface area contributed by atoms with E-state index < -0.39 is 0 Å². The second kappa shape index (κ2) is 4.78. The van der Waals surface area contributed by atoms with E-state index in [1.807, 2.05) is 24.1 Å². The van der Waals surface area contributed by atoms with Gasteiger partial charge in [0.05, 0.1) is 23.9 Å². The van der Waals surface area contributed by atoms with E-state index in [4.69, 9.17) is 0 Å². The Morgan fingerprint density at radius 3 is 3.05 bits per heavy atom. The summed E-state index contributed by atoms with van der Waals surface area (Å²) < 4.78 is 0. The molecule has 1 amide bonds. The van der Waals surface area contributed by atoms with Crippen molar-refractivity contribution in [2.24, 2.45) is 4.99 Å². The van der Waals surface area contributed by atoms with Crippen molar-refractivity contribution in [3.05, 3.63) is 28.8 Å².